The first-order chi connectivity index (χ1) is 16.2. The maximum Gasteiger partial charge on any atom is 0.407 e. The van der Waals surface area contributed by atoms with Gasteiger partial charge in [0, 0.05) is 24.4 Å². The van der Waals surface area contributed by atoms with Crippen molar-refractivity contribution in [3.05, 3.63) is 59.7 Å². The molecule has 182 valence electrons. The fraction of sp³-hybridized carbons (Fsp3) is 0.444. The molecule has 0 radical (unpaired) electrons. The quantitative estimate of drug-likeness (QED) is 0.476. The highest BCUT2D eigenvalue weighted by Crippen LogP contribution is 2.44. The summed E-state index contributed by atoms with van der Waals surface area (Å²) in [7, 11) is 0. The summed E-state index contributed by atoms with van der Waals surface area (Å²) in [6, 6.07) is 15.4. The normalized spacial score (nSPS) is 14.3. The molecule has 2 atom stereocenters. The Bertz CT molecular complexity index is 988. The number of fused-ring (bicyclic) bond motifs is 3. The van der Waals surface area contributed by atoms with Crippen molar-refractivity contribution in [1.82, 2.24) is 10.6 Å². The fourth-order valence-electron chi connectivity index (χ4n) is 4.35. The molecule has 3 N–H and O–H groups in total. The number of amides is 2. The van der Waals surface area contributed by atoms with Crippen LogP contribution in [0.2, 0.25) is 0 Å². The van der Waals surface area contributed by atoms with Crippen molar-refractivity contribution in [2.45, 2.75) is 58.5 Å². The van der Waals surface area contributed by atoms with Gasteiger partial charge >= 0.3 is 12.1 Å². The maximum atomic E-state index is 12.7. The average Bonchev–Trinajstić information content (AvgIpc) is 3.10. The number of alkyl carbamates (subject to hydrolysis) is 1. The molecule has 0 fully saturated rings. The summed E-state index contributed by atoms with van der Waals surface area (Å²) in [6.45, 7) is 7.76. The second-order valence-corrected chi connectivity index (χ2v) is 9.54. The third kappa shape index (κ3) is 6.16. The molecule has 0 heterocycles. The Balaban J connectivity index is 1.59. The van der Waals surface area contributed by atoms with E-state index in [0.717, 1.165) is 22.3 Å². The number of rotatable bonds is 10. The molecule has 7 heteroatoms. The molecule has 2 aromatic rings. The minimum absolute atomic E-state index is 0.0109. The average molecular weight is 467 g/mol. The zero-order valence-corrected chi connectivity index (χ0v) is 20.2. The van der Waals surface area contributed by atoms with E-state index in [0.29, 0.717) is 0 Å². The Hall–Kier alpha value is -3.35. The van der Waals surface area contributed by atoms with Crippen molar-refractivity contribution >= 4 is 18.0 Å². The fourth-order valence-corrected chi connectivity index (χ4v) is 4.35. The lowest BCUT2D eigenvalue weighted by molar-refractivity contribution is -0.138. The molecule has 0 aromatic heterocycles. The molecule has 1 aliphatic rings. The van der Waals surface area contributed by atoms with Crippen LogP contribution in [-0.2, 0) is 14.3 Å². The van der Waals surface area contributed by atoms with Gasteiger partial charge in [0.05, 0.1) is 6.42 Å². The van der Waals surface area contributed by atoms with Gasteiger partial charge in [-0.2, -0.15) is 0 Å². The van der Waals surface area contributed by atoms with Crippen LogP contribution in [0.4, 0.5) is 4.79 Å². The molecule has 34 heavy (non-hydrogen) atoms. The number of hydrogen-bond donors (Lipinski definition) is 3. The van der Waals surface area contributed by atoms with Crippen molar-refractivity contribution in [2.75, 3.05) is 6.61 Å². The van der Waals surface area contributed by atoms with Crippen molar-refractivity contribution in [2.24, 2.45) is 11.8 Å². The van der Waals surface area contributed by atoms with E-state index in [9.17, 15) is 14.4 Å². The molecular formula is C27H34N2O5. The maximum absolute atomic E-state index is 12.7. The van der Waals surface area contributed by atoms with Gasteiger partial charge in [-0.05, 0) is 34.1 Å². The molecule has 0 bridgehead atoms. The van der Waals surface area contributed by atoms with Crippen molar-refractivity contribution in [1.29, 1.82) is 0 Å². The van der Waals surface area contributed by atoms with E-state index >= 15 is 0 Å². The lowest BCUT2D eigenvalue weighted by atomic mass is 9.98. The highest BCUT2D eigenvalue weighted by molar-refractivity contribution is 5.80. The largest absolute Gasteiger partial charge is 0.481 e. The van der Waals surface area contributed by atoms with E-state index in [2.05, 4.69) is 34.9 Å². The molecule has 1 unspecified atom stereocenters. The molecule has 0 spiro atoms. The van der Waals surface area contributed by atoms with Gasteiger partial charge in [-0.3, -0.25) is 9.59 Å². The zero-order chi connectivity index (χ0) is 24.8. The summed E-state index contributed by atoms with van der Waals surface area (Å²) < 4.78 is 5.61. The van der Waals surface area contributed by atoms with Gasteiger partial charge in [0.2, 0.25) is 5.91 Å². The van der Waals surface area contributed by atoms with Gasteiger partial charge in [0.25, 0.3) is 0 Å². The van der Waals surface area contributed by atoms with Crippen LogP contribution in [-0.4, -0.2) is 41.8 Å². The van der Waals surface area contributed by atoms with Gasteiger partial charge < -0.3 is 20.5 Å². The van der Waals surface area contributed by atoms with Crippen LogP contribution in [0, 0.1) is 11.8 Å². The Kier molecular flexibility index (Phi) is 8.31. The molecule has 0 saturated heterocycles. The van der Waals surface area contributed by atoms with Gasteiger partial charge in [-0.15, -0.1) is 0 Å². The molecule has 1 aliphatic carbocycles. The highest BCUT2D eigenvalue weighted by Gasteiger charge is 2.30. The topological polar surface area (TPSA) is 105 Å². The van der Waals surface area contributed by atoms with Crippen LogP contribution in [0.15, 0.2) is 48.5 Å². The van der Waals surface area contributed by atoms with Crippen molar-refractivity contribution in [3.8, 4) is 11.1 Å². The van der Waals surface area contributed by atoms with E-state index in [4.69, 9.17) is 9.84 Å². The van der Waals surface area contributed by atoms with E-state index < -0.39 is 24.1 Å². The molecule has 0 saturated carbocycles. The molecule has 2 aromatic carbocycles. The minimum atomic E-state index is -0.962. The van der Waals surface area contributed by atoms with E-state index in [1.54, 1.807) is 0 Å². The predicted octanol–water partition coefficient (Wildman–Crippen LogP) is 4.56. The number of aliphatic carboxylic acids is 1. The van der Waals surface area contributed by atoms with Crippen LogP contribution >= 0.6 is 0 Å². The second kappa shape index (κ2) is 11.2. The van der Waals surface area contributed by atoms with Crippen LogP contribution in [0.25, 0.3) is 11.1 Å². The predicted molar refractivity (Wildman–Crippen MR) is 130 cm³/mol. The molecule has 0 aliphatic heterocycles. The van der Waals surface area contributed by atoms with Gasteiger partial charge in [0.15, 0.2) is 0 Å². The summed E-state index contributed by atoms with van der Waals surface area (Å²) in [5.74, 6) is -1.33. The zero-order valence-electron chi connectivity index (χ0n) is 20.2. The first-order valence-corrected chi connectivity index (χ1v) is 11.8. The van der Waals surface area contributed by atoms with Crippen LogP contribution in [0.1, 0.15) is 57.6 Å². The number of ether oxygens (including phenoxy) is 1. The Morgan fingerprint density at radius 2 is 1.32 bits per heavy atom. The third-order valence-corrected chi connectivity index (χ3v) is 6.40. The third-order valence-electron chi connectivity index (χ3n) is 6.40. The van der Waals surface area contributed by atoms with Gasteiger partial charge in [-0.25, -0.2) is 4.79 Å². The summed E-state index contributed by atoms with van der Waals surface area (Å²) in [4.78, 5) is 36.3. The van der Waals surface area contributed by atoms with Crippen LogP contribution in [0.3, 0.4) is 0 Å². The Morgan fingerprint density at radius 1 is 0.824 bits per heavy atom. The van der Waals surface area contributed by atoms with Crippen molar-refractivity contribution in [3.63, 3.8) is 0 Å². The Morgan fingerprint density at radius 3 is 1.82 bits per heavy atom. The second-order valence-electron chi connectivity index (χ2n) is 9.54. The first kappa shape index (κ1) is 25.3. The van der Waals surface area contributed by atoms with E-state index in [-0.39, 0.29) is 43.1 Å². The van der Waals surface area contributed by atoms with E-state index in [1.807, 2.05) is 52.0 Å². The SMILES string of the molecule is CC(C)C(CC(=O)O)NC(=O)C[C@H](NC(=O)OCC1c2ccccc2-c2ccccc21)C(C)C. The number of benzene rings is 2. The monoisotopic (exact) mass is 466 g/mol. The summed E-state index contributed by atoms with van der Waals surface area (Å²) in [5.41, 5.74) is 4.58. The lowest BCUT2D eigenvalue weighted by Crippen LogP contribution is -2.46. The number of carbonyl (C=O) groups excluding carboxylic acids is 2. The summed E-state index contributed by atoms with van der Waals surface area (Å²) in [5, 5.41) is 14.7. The molecule has 7 nitrogen and oxygen atoms in total. The smallest absolute Gasteiger partial charge is 0.407 e. The first-order valence-electron chi connectivity index (χ1n) is 11.8. The summed E-state index contributed by atoms with van der Waals surface area (Å²) in [6.07, 6.45) is -0.667. The molecular weight excluding hydrogens is 432 g/mol. The van der Waals surface area contributed by atoms with Gasteiger partial charge in [0.1, 0.15) is 6.61 Å². The highest BCUT2D eigenvalue weighted by atomic mass is 16.5. The lowest BCUT2D eigenvalue weighted by Gasteiger charge is -2.25. The van der Waals surface area contributed by atoms with Gasteiger partial charge in [-0.1, -0.05) is 76.2 Å². The van der Waals surface area contributed by atoms with Crippen LogP contribution < -0.4 is 10.6 Å². The minimum Gasteiger partial charge on any atom is -0.481 e. The number of carboxylic acid groups (broad SMARTS) is 1. The molecule has 2 amide bonds. The van der Waals surface area contributed by atoms with Crippen molar-refractivity contribution < 1.29 is 24.2 Å². The summed E-state index contributed by atoms with van der Waals surface area (Å²) >= 11 is 0. The number of hydrogen-bond acceptors (Lipinski definition) is 4. The number of nitrogens with one attached hydrogen (secondary N) is 2. The van der Waals surface area contributed by atoms with E-state index in [1.165, 1.54) is 0 Å². The number of carboxylic acids is 1. The molecule has 3 rings (SSSR count). The number of carbonyl (C=O) groups is 3. The Labute approximate surface area is 200 Å². The van der Waals surface area contributed by atoms with Crippen LogP contribution in [0.5, 0.6) is 0 Å². The standard InChI is InChI=1S/C27H34N2O5/c1-16(2)23(13-25(30)28-24(17(3)4)14-26(31)32)29-27(33)34-15-22-20-11-7-5-9-18(20)19-10-6-8-12-21(19)22/h5-12,16-17,22-24H,13-15H2,1-4H3,(H,28,30)(H,29,33)(H,31,32)/t23-,24?/m0/s1.